The van der Waals surface area contributed by atoms with E-state index in [0.717, 1.165) is 35.9 Å². The van der Waals surface area contributed by atoms with Gasteiger partial charge in [0.1, 0.15) is 5.69 Å². The van der Waals surface area contributed by atoms with Crippen LogP contribution in [0.2, 0.25) is 0 Å². The number of carbonyl (C=O) groups is 1. The number of ether oxygens (including phenoxy) is 3. The minimum Gasteiger partial charge on any atom is -0.493 e. The molecule has 148 valence electrons. The molecule has 1 amide bonds. The maximum absolute atomic E-state index is 13.0. The molecule has 0 radical (unpaired) electrons. The van der Waals surface area contributed by atoms with Gasteiger partial charge in [0.05, 0.1) is 32.5 Å². The summed E-state index contributed by atoms with van der Waals surface area (Å²) in [7, 11) is 6.54. The van der Waals surface area contributed by atoms with Crippen LogP contribution in [0.15, 0.2) is 12.1 Å². The molecule has 0 fully saturated rings. The summed E-state index contributed by atoms with van der Waals surface area (Å²) in [4.78, 5) is 18.8. The summed E-state index contributed by atoms with van der Waals surface area (Å²) in [5.41, 5.74) is 2.40. The van der Waals surface area contributed by atoms with Gasteiger partial charge in [-0.1, -0.05) is 0 Å². The Bertz CT molecular complexity index is 1030. The molecule has 0 unspecified atom stereocenters. The molecule has 0 saturated heterocycles. The van der Waals surface area contributed by atoms with Crippen molar-refractivity contribution in [2.45, 2.75) is 25.7 Å². The zero-order chi connectivity index (χ0) is 19.8. The number of fused-ring (bicyclic) bond motifs is 2. The van der Waals surface area contributed by atoms with E-state index in [0.29, 0.717) is 28.1 Å². The monoisotopic (exact) mass is 401 g/mol. The quantitative estimate of drug-likeness (QED) is 0.704. The molecular weight excluding hydrogens is 378 g/mol. The van der Waals surface area contributed by atoms with Crippen molar-refractivity contribution in [1.29, 1.82) is 0 Å². The largest absolute Gasteiger partial charge is 0.493 e. The van der Waals surface area contributed by atoms with E-state index in [9.17, 15) is 4.79 Å². The molecule has 8 heteroatoms. The second kappa shape index (κ2) is 7.35. The van der Waals surface area contributed by atoms with Crippen molar-refractivity contribution < 1.29 is 19.0 Å². The van der Waals surface area contributed by atoms with Crippen LogP contribution in [0.3, 0.4) is 0 Å². The van der Waals surface area contributed by atoms with Crippen LogP contribution in [0.25, 0.3) is 10.9 Å². The van der Waals surface area contributed by atoms with Crippen LogP contribution in [0.1, 0.15) is 33.9 Å². The molecule has 0 atom stereocenters. The first-order chi connectivity index (χ1) is 13.6. The van der Waals surface area contributed by atoms with E-state index >= 15 is 0 Å². The molecule has 28 heavy (non-hydrogen) atoms. The standard InChI is InChI=1S/C20H23N3O4S/c1-23-13(19(24)22-20-21-12-7-5-6-8-15(12)28-20)9-11-10-14(25-2)17(26-3)18(27-4)16(11)23/h9-10H,5-8H2,1-4H3,(H,21,22,24). The Morgan fingerprint density at radius 3 is 2.54 bits per heavy atom. The third kappa shape index (κ3) is 2.97. The zero-order valence-electron chi connectivity index (χ0n) is 16.4. The lowest BCUT2D eigenvalue weighted by Crippen LogP contribution is -2.15. The number of aryl methyl sites for hydroxylation is 3. The minimum absolute atomic E-state index is 0.204. The molecule has 1 aliphatic carbocycles. The van der Waals surface area contributed by atoms with Crippen molar-refractivity contribution in [1.82, 2.24) is 9.55 Å². The number of aromatic nitrogens is 2. The molecule has 3 aromatic rings. The number of benzene rings is 1. The van der Waals surface area contributed by atoms with Crippen LogP contribution in [-0.2, 0) is 19.9 Å². The van der Waals surface area contributed by atoms with Gasteiger partial charge in [-0.3, -0.25) is 10.1 Å². The highest BCUT2D eigenvalue weighted by Crippen LogP contribution is 2.44. The first kappa shape index (κ1) is 18.6. The van der Waals surface area contributed by atoms with E-state index in [1.807, 2.05) is 19.2 Å². The van der Waals surface area contributed by atoms with Crippen molar-refractivity contribution in [2.75, 3.05) is 26.6 Å². The first-order valence-electron chi connectivity index (χ1n) is 9.15. The number of methoxy groups -OCH3 is 3. The summed E-state index contributed by atoms with van der Waals surface area (Å²) in [5.74, 6) is 1.38. The number of nitrogens with zero attached hydrogens (tertiary/aromatic N) is 2. The number of thiazole rings is 1. The zero-order valence-corrected chi connectivity index (χ0v) is 17.2. The van der Waals surface area contributed by atoms with Crippen molar-refractivity contribution >= 4 is 33.3 Å². The van der Waals surface area contributed by atoms with Crippen LogP contribution in [0.5, 0.6) is 17.2 Å². The Hall–Kier alpha value is -2.74. The third-order valence-corrected chi connectivity index (χ3v) is 6.19. The van der Waals surface area contributed by atoms with Gasteiger partial charge < -0.3 is 18.8 Å². The molecule has 7 nitrogen and oxygen atoms in total. The maximum atomic E-state index is 13.0. The van der Waals surface area contributed by atoms with Crippen LogP contribution in [-0.4, -0.2) is 36.8 Å². The number of hydrogen-bond acceptors (Lipinski definition) is 6. The first-order valence-corrected chi connectivity index (χ1v) is 9.97. The van der Waals surface area contributed by atoms with Gasteiger partial charge in [-0.2, -0.15) is 0 Å². The number of hydrogen-bond donors (Lipinski definition) is 1. The maximum Gasteiger partial charge on any atom is 0.274 e. The van der Waals surface area contributed by atoms with Gasteiger partial charge in [-0.15, -0.1) is 11.3 Å². The Morgan fingerprint density at radius 2 is 1.86 bits per heavy atom. The second-order valence-electron chi connectivity index (χ2n) is 6.72. The van der Waals surface area contributed by atoms with E-state index in [4.69, 9.17) is 14.2 Å². The molecule has 0 saturated carbocycles. The summed E-state index contributed by atoms with van der Waals surface area (Å²) in [6, 6.07) is 3.66. The average molecular weight is 401 g/mol. The summed E-state index contributed by atoms with van der Waals surface area (Å²) >= 11 is 1.57. The summed E-state index contributed by atoms with van der Waals surface area (Å²) in [6.45, 7) is 0. The van der Waals surface area contributed by atoms with Gasteiger partial charge in [0.25, 0.3) is 5.91 Å². The molecule has 2 heterocycles. The number of nitrogens with one attached hydrogen (secondary N) is 1. The topological polar surface area (TPSA) is 74.6 Å². The Labute approximate surface area is 167 Å². The van der Waals surface area contributed by atoms with E-state index in [1.54, 1.807) is 37.2 Å². The van der Waals surface area contributed by atoms with Gasteiger partial charge in [0, 0.05) is 17.3 Å². The van der Waals surface area contributed by atoms with Crippen LogP contribution < -0.4 is 19.5 Å². The molecule has 1 aliphatic rings. The lowest BCUT2D eigenvalue weighted by molar-refractivity contribution is 0.101. The van der Waals surface area contributed by atoms with E-state index in [-0.39, 0.29) is 5.91 Å². The van der Waals surface area contributed by atoms with E-state index in [2.05, 4.69) is 10.3 Å². The van der Waals surface area contributed by atoms with Gasteiger partial charge in [0.15, 0.2) is 16.6 Å². The van der Waals surface area contributed by atoms with Crippen molar-refractivity contribution in [2.24, 2.45) is 7.05 Å². The Kier molecular flexibility index (Phi) is 4.89. The molecular formula is C20H23N3O4S. The van der Waals surface area contributed by atoms with Gasteiger partial charge in [-0.25, -0.2) is 4.98 Å². The fourth-order valence-electron chi connectivity index (χ4n) is 3.77. The predicted octanol–water partition coefficient (Wildman–Crippen LogP) is 3.79. The van der Waals surface area contributed by atoms with Crippen molar-refractivity contribution in [3.8, 4) is 17.2 Å². The predicted molar refractivity (Wildman–Crippen MR) is 109 cm³/mol. The van der Waals surface area contributed by atoms with Crippen LogP contribution in [0.4, 0.5) is 5.13 Å². The van der Waals surface area contributed by atoms with Crippen LogP contribution >= 0.6 is 11.3 Å². The lowest BCUT2D eigenvalue weighted by Gasteiger charge is -2.14. The highest BCUT2D eigenvalue weighted by Gasteiger charge is 2.23. The SMILES string of the molecule is COc1cc2cc(C(=O)Nc3nc4c(s3)CCCC4)n(C)c2c(OC)c1OC. The molecule has 0 bridgehead atoms. The highest BCUT2D eigenvalue weighted by molar-refractivity contribution is 7.15. The molecule has 0 aliphatic heterocycles. The Balaban J connectivity index is 1.73. The number of anilines is 1. The number of amides is 1. The van der Waals surface area contributed by atoms with Crippen LogP contribution in [0, 0.1) is 0 Å². The normalized spacial score (nSPS) is 13.3. The highest BCUT2D eigenvalue weighted by atomic mass is 32.1. The third-order valence-electron chi connectivity index (χ3n) is 5.12. The smallest absolute Gasteiger partial charge is 0.274 e. The van der Waals surface area contributed by atoms with E-state index < -0.39 is 0 Å². The Morgan fingerprint density at radius 1 is 1.11 bits per heavy atom. The molecule has 0 spiro atoms. The molecule has 1 N–H and O–H groups in total. The summed E-state index contributed by atoms with van der Waals surface area (Å²) in [6.07, 6.45) is 4.40. The van der Waals surface area contributed by atoms with Crippen molar-refractivity contribution in [3.63, 3.8) is 0 Å². The van der Waals surface area contributed by atoms with Gasteiger partial charge >= 0.3 is 0 Å². The molecule has 1 aromatic carbocycles. The average Bonchev–Trinajstić information content (AvgIpc) is 3.26. The lowest BCUT2D eigenvalue weighted by atomic mass is 10.0. The summed E-state index contributed by atoms with van der Waals surface area (Å²) in [5, 5.41) is 4.45. The fraction of sp³-hybridized carbons (Fsp3) is 0.400. The van der Waals surface area contributed by atoms with Gasteiger partial charge in [0.2, 0.25) is 5.75 Å². The fourth-order valence-corrected chi connectivity index (χ4v) is 4.81. The van der Waals surface area contributed by atoms with E-state index in [1.165, 1.54) is 11.3 Å². The second-order valence-corrected chi connectivity index (χ2v) is 7.81. The molecule has 4 rings (SSSR count). The summed E-state index contributed by atoms with van der Waals surface area (Å²) < 4.78 is 18.3. The number of carbonyl (C=O) groups excluding carboxylic acids is 1. The van der Waals surface area contributed by atoms with Gasteiger partial charge in [-0.05, 0) is 37.8 Å². The molecule has 2 aromatic heterocycles. The van der Waals surface area contributed by atoms with Crippen molar-refractivity contribution in [3.05, 3.63) is 28.4 Å². The minimum atomic E-state index is -0.204. The number of rotatable bonds is 5.